The first kappa shape index (κ1) is 19.2. The van der Waals surface area contributed by atoms with Crippen LogP contribution >= 0.6 is 0 Å². The normalized spacial score (nSPS) is 14.5. The van der Waals surface area contributed by atoms with Crippen LogP contribution < -0.4 is 0 Å². The van der Waals surface area contributed by atoms with Crippen LogP contribution in [0.2, 0.25) is 0 Å². The fourth-order valence-corrected chi connectivity index (χ4v) is 3.57. The summed E-state index contributed by atoms with van der Waals surface area (Å²) in [5, 5.41) is 0. The fraction of sp³-hybridized carbons (Fsp3) is 0.429. The molecule has 1 fully saturated rings. The number of hydrogen-bond donors (Lipinski definition) is 0. The lowest BCUT2D eigenvalue weighted by Gasteiger charge is -2.34. The number of amides is 2. The van der Waals surface area contributed by atoms with Gasteiger partial charge in [0.1, 0.15) is 6.61 Å². The van der Waals surface area contributed by atoms with E-state index in [2.05, 4.69) is 16.7 Å². The maximum atomic E-state index is 13.0. The number of rotatable bonds is 5. The lowest BCUT2D eigenvalue weighted by atomic mass is 10.2. The van der Waals surface area contributed by atoms with Crippen molar-refractivity contribution in [3.8, 4) is 0 Å². The van der Waals surface area contributed by atoms with Gasteiger partial charge >= 0.3 is 0 Å². The van der Waals surface area contributed by atoms with Gasteiger partial charge in [-0.2, -0.15) is 0 Å². The Bertz CT molecular complexity index is 806. The summed E-state index contributed by atoms with van der Waals surface area (Å²) in [5.41, 5.74) is 4.02. The van der Waals surface area contributed by atoms with Crippen LogP contribution in [0.4, 0.5) is 0 Å². The van der Waals surface area contributed by atoms with Gasteiger partial charge in [0.25, 0.3) is 5.91 Å². The molecule has 0 unspecified atom stereocenters. The van der Waals surface area contributed by atoms with Crippen LogP contribution in [0.1, 0.15) is 27.3 Å². The zero-order valence-corrected chi connectivity index (χ0v) is 16.3. The van der Waals surface area contributed by atoms with E-state index in [0.717, 1.165) is 23.5 Å². The molecule has 0 spiro atoms. The van der Waals surface area contributed by atoms with Gasteiger partial charge in [-0.25, -0.2) is 0 Å². The quantitative estimate of drug-likeness (QED) is 0.811. The molecule has 6 heteroatoms. The van der Waals surface area contributed by atoms with Gasteiger partial charge in [0.2, 0.25) is 5.91 Å². The minimum atomic E-state index is -0.0226. The van der Waals surface area contributed by atoms with Crippen molar-refractivity contribution in [2.45, 2.75) is 20.4 Å². The maximum Gasteiger partial charge on any atom is 0.255 e. The molecule has 1 aromatic heterocycles. The van der Waals surface area contributed by atoms with Crippen LogP contribution in [0.15, 0.2) is 36.4 Å². The van der Waals surface area contributed by atoms with Gasteiger partial charge in [0.05, 0.1) is 5.56 Å². The third-order valence-electron chi connectivity index (χ3n) is 5.17. The molecule has 6 nitrogen and oxygen atoms in total. The van der Waals surface area contributed by atoms with E-state index < -0.39 is 0 Å². The van der Waals surface area contributed by atoms with E-state index in [1.807, 2.05) is 43.0 Å². The predicted molar refractivity (Wildman–Crippen MR) is 104 cm³/mol. The van der Waals surface area contributed by atoms with Crippen molar-refractivity contribution in [3.05, 3.63) is 58.9 Å². The predicted octanol–water partition coefficient (Wildman–Crippen LogP) is 2.08. The topological polar surface area (TPSA) is 54.8 Å². The zero-order chi connectivity index (χ0) is 19.4. The van der Waals surface area contributed by atoms with Crippen molar-refractivity contribution in [1.82, 2.24) is 14.4 Å². The molecule has 1 aromatic carbocycles. The molecule has 1 aliphatic heterocycles. The molecule has 2 amide bonds. The van der Waals surface area contributed by atoms with Crippen LogP contribution in [0.3, 0.4) is 0 Å². The lowest BCUT2D eigenvalue weighted by Crippen LogP contribution is -2.51. The first-order valence-corrected chi connectivity index (χ1v) is 9.28. The van der Waals surface area contributed by atoms with Gasteiger partial charge in [0, 0.05) is 51.2 Å². The molecular formula is C21H27N3O3. The Balaban J connectivity index is 1.69. The van der Waals surface area contributed by atoms with Gasteiger partial charge in [-0.3, -0.25) is 9.59 Å². The SMILES string of the molecule is COCC(=O)N1CCN(C(=O)c2cc(C)n(Cc3ccccc3)c2C)CC1. The highest BCUT2D eigenvalue weighted by Crippen LogP contribution is 2.20. The third-order valence-corrected chi connectivity index (χ3v) is 5.17. The standard InChI is InChI=1S/C21H27N3O3/c1-16-13-19(17(2)24(16)14-18-7-5-4-6-8-18)21(26)23-11-9-22(10-12-23)20(25)15-27-3/h4-8,13H,9-12,14-15H2,1-3H3. The summed E-state index contributed by atoms with van der Waals surface area (Å²) in [5.74, 6) is 0.0203. The molecular weight excluding hydrogens is 342 g/mol. The second-order valence-electron chi connectivity index (χ2n) is 6.96. The van der Waals surface area contributed by atoms with E-state index in [1.54, 1.807) is 4.90 Å². The van der Waals surface area contributed by atoms with Crippen LogP contribution in [0, 0.1) is 13.8 Å². The van der Waals surface area contributed by atoms with Crippen molar-refractivity contribution in [1.29, 1.82) is 0 Å². The van der Waals surface area contributed by atoms with Gasteiger partial charge in [-0.05, 0) is 25.5 Å². The second kappa shape index (κ2) is 8.39. The van der Waals surface area contributed by atoms with Crippen molar-refractivity contribution in [2.24, 2.45) is 0 Å². The summed E-state index contributed by atoms with van der Waals surface area (Å²) >= 11 is 0. The van der Waals surface area contributed by atoms with Gasteiger partial charge in [-0.15, -0.1) is 0 Å². The van der Waals surface area contributed by atoms with Crippen LogP contribution in [0.25, 0.3) is 0 Å². The van der Waals surface area contributed by atoms with E-state index in [0.29, 0.717) is 26.2 Å². The molecule has 144 valence electrons. The third kappa shape index (κ3) is 4.22. The van der Waals surface area contributed by atoms with Gasteiger partial charge in [0.15, 0.2) is 0 Å². The average Bonchev–Trinajstić information content (AvgIpc) is 2.97. The van der Waals surface area contributed by atoms with Crippen molar-refractivity contribution >= 4 is 11.8 Å². The first-order valence-electron chi connectivity index (χ1n) is 9.28. The number of carbonyl (C=O) groups excluding carboxylic acids is 2. The second-order valence-corrected chi connectivity index (χ2v) is 6.96. The zero-order valence-electron chi connectivity index (χ0n) is 16.3. The molecule has 0 atom stereocenters. The summed E-state index contributed by atoms with van der Waals surface area (Å²) in [4.78, 5) is 28.5. The average molecular weight is 369 g/mol. The Labute approximate surface area is 160 Å². The van der Waals surface area contributed by atoms with Crippen LogP contribution in [-0.2, 0) is 16.1 Å². The molecule has 0 bridgehead atoms. The van der Waals surface area contributed by atoms with Crippen LogP contribution in [0.5, 0.6) is 0 Å². The summed E-state index contributed by atoms with van der Waals surface area (Å²) in [6, 6.07) is 12.2. The van der Waals surface area contributed by atoms with E-state index in [4.69, 9.17) is 4.74 Å². The van der Waals surface area contributed by atoms with Crippen LogP contribution in [-0.4, -0.2) is 66.1 Å². The van der Waals surface area contributed by atoms with Crippen molar-refractivity contribution in [2.75, 3.05) is 39.9 Å². The molecule has 1 saturated heterocycles. The highest BCUT2D eigenvalue weighted by atomic mass is 16.5. The highest BCUT2D eigenvalue weighted by Gasteiger charge is 2.26. The summed E-state index contributed by atoms with van der Waals surface area (Å²) in [6.07, 6.45) is 0. The number of ether oxygens (including phenoxy) is 1. The Kier molecular flexibility index (Phi) is 5.96. The molecule has 1 aliphatic rings. The monoisotopic (exact) mass is 369 g/mol. The van der Waals surface area contributed by atoms with E-state index in [1.165, 1.54) is 12.7 Å². The Morgan fingerprint density at radius 3 is 2.26 bits per heavy atom. The number of aryl methyl sites for hydroxylation is 1. The summed E-state index contributed by atoms with van der Waals surface area (Å²) < 4.78 is 7.09. The molecule has 2 heterocycles. The number of carbonyl (C=O) groups is 2. The van der Waals surface area contributed by atoms with Gasteiger partial charge in [-0.1, -0.05) is 30.3 Å². The number of nitrogens with zero attached hydrogens (tertiary/aromatic N) is 3. The van der Waals surface area contributed by atoms with E-state index >= 15 is 0 Å². The largest absolute Gasteiger partial charge is 0.375 e. The molecule has 27 heavy (non-hydrogen) atoms. The molecule has 0 radical (unpaired) electrons. The number of hydrogen-bond acceptors (Lipinski definition) is 3. The molecule has 0 N–H and O–H groups in total. The van der Waals surface area contributed by atoms with Gasteiger partial charge < -0.3 is 19.1 Å². The minimum Gasteiger partial charge on any atom is -0.375 e. The Morgan fingerprint density at radius 2 is 1.63 bits per heavy atom. The lowest BCUT2D eigenvalue weighted by molar-refractivity contribution is -0.136. The first-order chi connectivity index (χ1) is 13.0. The molecule has 0 saturated carbocycles. The maximum absolute atomic E-state index is 13.0. The molecule has 0 aliphatic carbocycles. The Hall–Kier alpha value is -2.60. The smallest absolute Gasteiger partial charge is 0.255 e. The van der Waals surface area contributed by atoms with Crippen molar-refractivity contribution in [3.63, 3.8) is 0 Å². The highest BCUT2D eigenvalue weighted by molar-refractivity contribution is 5.96. The number of methoxy groups -OCH3 is 1. The van der Waals surface area contributed by atoms with E-state index in [-0.39, 0.29) is 18.4 Å². The minimum absolute atomic E-state index is 0.0226. The molecule has 2 aromatic rings. The summed E-state index contributed by atoms with van der Waals surface area (Å²) in [6.45, 7) is 7.09. The number of aromatic nitrogens is 1. The van der Waals surface area contributed by atoms with E-state index in [9.17, 15) is 9.59 Å². The van der Waals surface area contributed by atoms with Crippen molar-refractivity contribution < 1.29 is 14.3 Å². The molecule has 3 rings (SSSR count). The number of benzene rings is 1. The Morgan fingerprint density at radius 1 is 1.00 bits per heavy atom. The number of piperazine rings is 1. The summed E-state index contributed by atoms with van der Waals surface area (Å²) in [7, 11) is 1.52. The fourth-order valence-electron chi connectivity index (χ4n) is 3.57.